The van der Waals surface area contributed by atoms with Gasteiger partial charge in [0.2, 0.25) is 0 Å². The smallest absolute Gasteiger partial charge is 0.143 e. The molecule has 0 bridgehead atoms. The lowest BCUT2D eigenvalue weighted by Gasteiger charge is -2.28. The van der Waals surface area contributed by atoms with Crippen molar-refractivity contribution in [3.63, 3.8) is 0 Å². The molecule has 0 unspecified atom stereocenters. The molecular formula is C54H33NO2. The molecule has 12 aromatic rings. The molecule has 0 N–H and O–H groups in total. The molecule has 10 aromatic carbocycles. The van der Waals surface area contributed by atoms with E-state index >= 15 is 0 Å². The van der Waals surface area contributed by atoms with Crippen LogP contribution in [0.25, 0.3) is 98.4 Å². The Morgan fingerprint density at radius 1 is 0.298 bits per heavy atom. The van der Waals surface area contributed by atoms with E-state index in [-0.39, 0.29) is 0 Å². The zero-order valence-electron chi connectivity index (χ0n) is 30.8. The number of rotatable bonds is 5. The average Bonchev–Trinajstić information content (AvgIpc) is 3.83. The fourth-order valence-electron chi connectivity index (χ4n) is 8.96. The van der Waals surface area contributed by atoms with Gasteiger partial charge in [0, 0.05) is 50.1 Å². The van der Waals surface area contributed by atoms with Gasteiger partial charge in [-0.25, -0.2) is 0 Å². The Morgan fingerprint density at radius 3 is 1.77 bits per heavy atom. The maximum Gasteiger partial charge on any atom is 0.143 e. The second-order valence-electron chi connectivity index (χ2n) is 14.8. The van der Waals surface area contributed by atoms with Crippen molar-refractivity contribution in [3.8, 4) is 22.3 Å². The Hall–Kier alpha value is -7.62. The zero-order chi connectivity index (χ0) is 37.5. The molecule has 57 heavy (non-hydrogen) atoms. The topological polar surface area (TPSA) is 29.5 Å². The molecular weight excluding hydrogens is 695 g/mol. The first kappa shape index (κ1) is 31.7. The molecule has 0 fully saturated rings. The van der Waals surface area contributed by atoms with Gasteiger partial charge in [0.05, 0.1) is 5.69 Å². The van der Waals surface area contributed by atoms with E-state index in [1.165, 1.54) is 43.4 Å². The normalized spacial score (nSPS) is 11.9. The summed E-state index contributed by atoms with van der Waals surface area (Å²) in [6.07, 6.45) is 0. The van der Waals surface area contributed by atoms with Gasteiger partial charge in [0.25, 0.3) is 0 Å². The van der Waals surface area contributed by atoms with Gasteiger partial charge in [-0.1, -0.05) is 140 Å². The number of nitrogens with zero attached hydrogens (tertiary/aromatic N) is 1. The number of anilines is 3. The van der Waals surface area contributed by atoms with E-state index in [0.29, 0.717) is 0 Å². The van der Waals surface area contributed by atoms with Crippen molar-refractivity contribution in [1.82, 2.24) is 0 Å². The zero-order valence-corrected chi connectivity index (χ0v) is 30.8. The number of hydrogen-bond acceptors (Lipinski definition) is 3. The van der Waals surface area contributed by atoms with Crippen LogP contribution in [-0.4, -0.2) is 0 Å². The molecule has 0 radical (unpaired) electrons. The lowest BCUT2D eigenvalue weighted by Crippen LogP contribution is -2.11. The molecule has 0 aliphatic rings. The van der Waals surface area contributed by atoms with Crippen molar-refractivity contribution in [2.45, 2.75) is 0 Å². The van der Waals surface area contributed by atoms with Gasteiger partial charge in [-0.05, 0) is 98.0 Å². The molecule has 0 amide bonds. The van der Waals surface area contributed by atoms with E-state index in [0.717, 1.165) is 72.1 Å². The summed E-state index contributed by atoms with van der Waals surface area (Å²) in [4.78, 5) is 2.35. The molecule has 266 valence electrons. The minimum Gasteiger partial charge on any atom is -0.456 e. The van der Waals surface area contributed by atoms with E-state index in [9.17, 15) is 0 Å². The minimum atomic E-state index is 0.849. The van der Waals surface area contributed by atoms with Crippen molar-refractivity contribution in [2.24, 2.45) is 0 Å². The molecule has 0 aliphatic heterocycles. The predicted molar refractivity (Wildman–Crippen MR) is 239 cm³/mol. The second-order valence-corrected chi connectivity index (χ2v) is 14.8. The number of fused-ring (bicyclic) bond motifs is 10. The monoisotopic (exact) mass is 727 g/mol. The molecule has 3 heteroatoms. The molecule has 3 nitrogen and oxygen atoms in total. The van der Waals surface area contributed by atoms with Gasteiger partial charge in [-0.2, -0.15) is 0 Å². The van der Waals surface area contributed by atoms with Crippen LogP contribution in [0.2, 0.25) is 0 Å². The number of para-hydroxylation sites is 3. The molecule has 0 atom stereocenters. The first-order valence-electron chi connectivity index (χ1n) is 19.4. The van der Waals surface area contributed by atoms with Gasteiger partial charge in [0.1, 0.15) is 22.3 Å². The second kappa shape index (κ2) is 12.5. The highest BCUT2D eigenvalue weighted by Crippen LogP contribution is 2.46. The van der Waals surface area contributed by atoms with Crippen molar-refractivity contribution < 1.29 is 8.83 Å². The molecule has 0 saturated heterocycles. The van der Waals surface area contributed by atoms with Crippen molar-refractivity contribution in [1.29, 1.82) is 0 Å². The van der Waals surface area contributed by atoms with Crippen LogP contribution in [0, 0.1) is 0 Å². The van der Waals surface area contributed by atoms with E-state index in [4.69, 9.17) is 8.83 Å². The lowest BCUT2D eigenvalue weighted by molar-refractivity contribution is 0.669. The van der Waals surface area contributed by atoms with Crippen LogP contribution >= 0.6 is 0 Å². The van der Waals surface area contributed by atoms with Crippen molar-refractivity contribution in [3.05, 3.63) is 200 Å². The summed E-state index contributed by atoms with van der Waals surface area (Å²) < 4.78 is 13.2. The van der Waals surface area contributed by atoms with E-state index < -0.39 is 0 Å². The Bertz CT molecular complexity index is 3530. The maximum absolute atomic E-state index is 6.78. The van der Waals surface area contributed by atoms with E-state index in [2.05, 4.69) is 193 Å². The maximum atomic E-state index is 6.78. The molecule has 0 aliphatic carbocycles. The molecule has 12 rings (SSSR count). The fourth-order valence-corrected chi connectivity index (χ4v) is 8.96. The van der Waals surface area contributed by atoms with Crippen LogP contribution in [0.15, 0.2) is 209 Å². The van der Waals surface area contributed by atoms with Gasteiger partial charge in [-0.3, -0.25) is 0 Å². The number of hydrogen-bond donors (Lipinski definition) is 0. The largest absolute Gasteiger partial charge is 0.456 e. The summed E-state index contributed by atoms with van der Waals surface area (Å²) in [5.41, 5.74) is 11.1. The summed E-state index contributed by atoms with van der Waals surface area (Å²) in [6.45, 7) is 0. The van der Waals surface area contributed by atoms with Gasteiger partial charge < -0.3 is 13.7 Å². The molecule has 2 aromatic heterocycles. The van der Waals surface area contributed by atoms with Crippen LogP contribution in [0.3, 0.4) is 0 Å². The van der Waals surface area contributed by atoms with Gasteiger partial charge in [-0.15, -0.1) is 0 Å². The van der Waals surface area contributed by atoms with E-state index in [1.54, 1.807) is 0 Å². The van der Waals surface area contributed by atoms with Crippen LogP contribution in [0.5, 0.6) is 0 Å². The summed E-state index contributed by atoms with van der Waals surface area (Å²) in [7, 11) is 0. The first-order chi connectivity index (χ1) is 28.2. The quantitative estimate of drug-likeness (QED) is 0.165. The highest BCUT2D eigenvalue weighted by Gasteiger charge is 2.22. The molecule has 0 spiro atoms. The Morgan fingerprint density at radius 2 is 0.912 bits per heavy atom. The third kappa shape index (κ3) is 4.99. The molecule has 2 heterocycles. The van der Waals surface area contributed by atoms with Crippen molar-refractivity contribution >= 4 is 93.3 Å². The SMILES string of the molecule is c1ccc(N(c2ccc(-c3cc4ccccc4c4ccccc34)cc2)c2ccc3c(c2)oc2ccccc23)c(-c2cccc3c2oc2cc4ccccc4cc23)c1. The van der Waals surface area contributed by atoms with Crippen LogP contribution < -0.4 is 4.90 Å². The summed E-state index contributed by atoms with van der Waals surface area (Å²) in [5, 5.41) is 11.8. The average molecular weight is 728 g/mol. The standard InChI is InChI=1S/C54H33NO2/c1-2-13-36-32-52-49(30-35(36)12-1)47-21-11-20-46(54(47)57-52)43-18-7-9-22-50(43)55(39-28-29-45-44-19-8-10-23-51(44)56-53(45)33-39)38-26-24-34(25-27-38)48-31-37-14-3-4-15-40(37)41-16-5-6-17-42(41)48/h1-33H. The highest BCUT2D eigenvalue weighted by atomic mass is 16.3. The summed E-state index contributed by atoms with van der Waals surface area (Å²) >= 11 is 0. The fraction of sp³-hybridized carbons (Fsp3) is 0. The lowest BCUT2D eigenvalue weighted by atomic mass is 9.93. The predicted octanol–water partition coefficient (Wildman–Crippen LogP) is 15.7. The Labute approximate surface area is 328 Å². The van der Waals surface area contributed by atoms with Gasteiger partial charge >= 0.3 is 0 Å². The number of benzene rings is 10. The van der Waals surface area contributed by atoms with Crippen molar-refractivity contribution in [2.75, 3.05) is 4.90 Å². The molecule has 0 saturated carbocycles. The summed E-state index contributed by atoms with van der Waals surface area (Å²) in [5.74, 6) is 0. The Kier molecular flexibility index (Phi) is 6.93. The first-order valence-corrected chi connectivity index (χ1v) is 19.4. The summed E-state index contributed by atoms with van der Waals surface area (Å²) in [6, 6.07) is 71.5. The Balaban J connectivity index is 1.06. The minimum absolute atomic E-state index is 0.849. The van der Waals surface area contributed by atoms with E-state index in [1.807, 2.05) is 12.1 Å². The van der Waals surface area contributed by atoms with Crippen LogP contribution in [-0.2, 0) is 0 Å². The third-order valence-electron chi connectivity index (χ3n) is 11.6. The third-order valence-corrected chi connectivity index (χ3v) is 11.6. The van der Waals surface area contributed by atoms with Crippen LogP contribution in [0.4, 0.5) is 17.1 Å². The van der Waals surface area contributed by atoms with Crippen LogP contribution in [0.1, 0.15) is 0 Å². The highest BCUT2D eigenvalue weighted by molar-refractivity contribution is 6.15. The number of furan rings is 2. The van der Waals surface area contributed by atoms with Gasteiger partial charge in [0.15, 0.2) is 0 Å².